The molecule has 1 aromatic rings. The number of halogens is 5. The van der Waals surface area contributed by atoms with Crippen LogP contribution in [0.4, 0.5) is 27.8 Å². The van der Waals surface area contributed by atoms with Crippen molar-refractivity contribution in [1.82, 2.24) is 4.98 Å². The summed E-state index contributed by atoms with van der Waals surface area (Å²) in [4.78, 5) is 10.1. The predicted molar refractivity (Wildman–Crippen MR) is 53.9 cm³/mol. The van der Waals surface area contributed by atoms with Crippen molar-refractivity contribution in [2.24, 2.45) is 5.14 Å². The van der Waals surface area contributed by atoms with Crippen LogP contribution in [-0.4, -0.2) is 24.7 Å². The van der Waals surface area contributed by atoms with Gasteiger partial charge in [0.15, 0.2) is 0 Å². The van der Waals surface area contributed by atoms with E-state index in [1.54, 1.807) is 0 Å². The summed E-state index contributed by atoms with van der Waals surface area (Å²) in [7, 11) is -5.02. The number of hydrogen-bond donors (Lipinski definition) is 1. The fourth-order valence-electron chi connectivity index (χ4n) is 1.19. The number of nitro groups is 1. The van der Waals surface area contributed by atoms with Gasteiger partial charge in [0.1, 0.15) is 4.90 Å². The molecular weight excluding hydrogens is 333 g/mol. The van der Waals surface area contributed by atoms with Crippen LogP contribution in [-0.2, 0) is 10.0 Å². The number of aromatic nitrogens is 1. The van der Waals surface area contributed by atoms with Crippen LogP contribution in [0.1, 0.15) is 12.1 Å². The molecule has 0 atom stereocenters. The lowest BCUT2D eigenvalue weighted by Gasteiger charge is -2.13. The summed E-state index contributed by atoms with van der Waals surface area (Å²) >= 11 is 0. The van der Waals surface area contributed by atoms with Crippen molar-refractivity contribution in [3.8, 4) is 5.75 Å². The topological polar surface area (TPSA) is 125 Å². The molecule has 0 aliphatic carbocycles. The molecule has 0 unspecified atom stereocenters. The molecule has 0 spiro atoms. The minimum Gasteiger partial charge on any atom is -0.400 e. The van der Waals surface area contributed by atoms with Gasteiger partial charge in [0, 0.05) is 0 Å². The summed E-state index contributed by atoms with van der Waals surface area (Å²) in [5.74, 6) is -3.34. The van der Waals surface area contributed by atoms with Crippen LogP contribution >= 0.6 is 0 Å². The molecule has 1 rings (SSSR count). The monoisotopic (exact) mass is 337 g/mol. The summed E-state index contributed by atoms with van der Waals surface area (Å²) in [6.45, 7) is 0. The first-order valence-electron chi connectivity index (χ1n) is 4.59. The third kappa shape index (κ3) is 4.19. The number of sulfonamides is 1. The average molecular weight is 337 g/mol. The quantitative estimate of drug-likeness (QED) is 0.504. The molecule has 0 bridgehead atoms. The van der Waals surface area contributed by atoms with Crippen LogP contribution in [0.2, 0.25) is 0 Å². The van der Waals surface area contributed by atoms with Gasteiger partial charge in [-0.3, -0.25) is 0 Å². The van der Waals surface area contributed by atoms with Gasteiger partial charge >= 0.3 is 18.6 Å². The van der Waals surface area contributed by atoms with E-state index in [0.717, 1.165) is 0 Å². The van der Waals surface area contributed by atoms with Crippen molar-refractivity contribution < 1.29 is 40.0 Å². The fourth-order valence-corrected chi connectivity index (χ4v) is 1.86. The van der Waals surface area contributed by atoms with E-state index in [0.29, 0.717) is 0 Å². The number of primary sulfonamides is 1. The number of rotatable bonds is 4. The van der Waals surface area contributed by atoms with E-state index in [9.17, 15) is 40.5 Å². The van der Waals surface area contributed by atoms with Gasteiger partial charge in [-0.25, -0.2) is 22.3 Å². The highest BCUT2D eigenvalue weighted by Crippen LogP contribution is 2.38. The average Bonchev–Trinajstić information content (AvgIpc) is 2.24. The number of alkyl halides is 5. The van der Waals surface area contributed by atoms with Gasteiger partial charge in [0.05, 0.1) is 6.07 Å². The first-order valence-corrected chi connectivity index (χ1v) is 6.13. The van der Waals surface area contributed by atoms with E-state index in [-0.39, 0.29) is 6.07 Å². The number of pyridine rings is 1. The molecule has 0 saturated carbocycles. The Kier molecular flexibility index (Phi) is 4.33. The maximum absolute atomic E-state index is 12.6. The van der Waals surface area contributed by atoms with Crippen LogP contribution in [0.5, 0.6) is 5.75 Å². The second kappa shape index (κ2) is 5.36. The maximum Gasteiger partial charge on any atom is 0.573 e. The second-order valence-electron chi connectivity index (χ2n) is 3.34. The number of nitrogens with two attached hydrogens (primary N) is 1. The lowest BCUT2D eigenvalue weighted by Crippen LogP contribution is -2.23. The van der Waals surface area contributed by atoms with Gasteiger partial charge in [0.2, 0.25) is 15.8 Å². The summed E-state index contributed by atoms with van der Waals surface area (Å²) in [5, 5.41) is 15.0. The molecule has 0 fully saturated rings. The van der Waals surface area contributed by atoms with Crippen molar-refractivity contribution in [3.05, 3.63) is 21.9 Å². The Balaban J connectivity index is 3.75. The van der Waals surface area contributed by atoms with Crippen molar-refractivity contribution in [1.29, 1.82) is 0 Å². The molecule has 14 heteroatoms. The summed E-state index contributed by atoms with van der Waals surface area (Å²) < 4.78 is 87.1. The summed E-state index contributed by atoms with van der Waals surface area (Å²) in [6.07, 6.45) is -9.32. The number of hydrogen-bond acceptors (Lipinski definition) is 6. The van der Waals surface area contributed by atoms with E-state index in [2.05, 4.69) is 14.9 Å². The van der Waals surface area contributed by atoms with Crippen LogP contribution in [0, 0.1) is 10.1 Å². The minimum atomic E-state index is -5.54. The van der Waals surface area contributed by atoms with Gasteiger partial charge in [-0.15, -0.1) is 13.2 Å². The highest BCUT2D eigenvalue weighted by molar-refractivity contribution is 7.89. The molecule has 8 nitrogen and oxygen atoms in total. The van der Waals surface area contributed by atoms with E-state index < -0.39 is 49.9 Å². The Bertz CT molecular complexity index is 674. The van der Waals surface area contributed by atoms with Crippen molar-refractivity contribution in [2.45, 2.75) is 17.7 Å². The Labute approximate surface area is 112 Å². The number of ether oxygens (including phenoxy) is 1. The van der Waals surface area contributed by atoms with Gasteiger partial charge in [-0.2, -0.15) is 0 Å². The van der Waals surface area contributed by atoms with Crippen LogP contribution in [0.25, 0.3) is 0 Å². The predicted octanol–water partition coefficient (Wildman–Crippen LogP) is 1.47. The first kappa shape index (κ1) is 17.0. The zero-order chi connectivity index (χ0) is 16.6. The first-order chi connectivity index (χ1) is 9.33. The summed E-state index contributed by atoms with van der Waals surface area (Å²) in [5.41, 5.74) is -1.87. The zero-order valence-corrected chi connectivity index (χ0v) is 10.3. The molecule has 21 heavy (non-hydrogen) atoms. The van der Waals surface area contributed by atoms with E-state index in [1.807, 2.05) is 0 Å². The molecule has 0 aliphatic heterocycles. The SMILES string of the molecule is NS(=O)(=O)c1cc([N+](=O)[O-])nc(C(F)F)c1OC(F)(F)F. The summed E-state index contributed by atoms with van der Waals surface area (Å²) in [6, 6.07) is -0.0116. The van der Waals surface area contributed by atoms with Crippen molar-refractivity contribution in [2.75, 3.05) is 0 Å². The largest absolute Gasteiger partial charge is 0.573 e. The van der Waals surface area contributed by atoms with Crippen LogP contribution < -0.4 is 9.88 Å². The zero-order valence-electron chi connectivity index (χ0n) is 9.47. The number of nitrogens with zero attached hydrogens (tertiary/aromatic N) is 2. The Hall–Kier alpha value is -2.09. The third-order valence-electron chi connectivity index (χ3n) is 1.87. The maximum atomic E-state index is 12.6. The smallest absolute Gasteiger partial charge is 0.400 e. The second-order valence-corrected chi connectivity index (χ2v) is 4.87. The van der Waals surface area contributed by atoms with Gasteiger partial charge < -0.3 is 14.9 Å². The molecule has 0 radical (unpaired) electrons. The highest BCUT2D eigenvalue weighted by Gasteiger charge is 2.40. The van der Waals surface area contributed by atoms with Gasteiger partial charge in [0.25, 0.3) is 5.69 Å². The Morgan fingerprint density at radius 3 is 2.24 bits per heavy atom. The molecule has 0 aliphatic rings. The molecule has 0 saturated heterocycles. The molecule has 2 N–H and O–H groups in total. The van der Waals surface area contributed by atoms with Crippen molar-refractivity contribution >= 4 is 15.8 Å². The van der Waals surface area contributed by atoms with Crippen LogP contribution in [0.3, 0.4) is 0 Å². The lowest BCUT2D eigenvalue weighted by atomic mass is 10.3. The third-order valence-corrected chi connectivity index (χ3v) is 2.79. The van der Waals surface area contributed by atoms with E-state index >= 15 is 0 Å². The normalized spacial score (nSPS) is 12.5. The molecule has 118 valence electrons. The highest BCUT2D eigenvalue weighted by atomic mass is 32.2. The Morgan fingerprint density at radius 1 is 1.38 bits per heavy atom. The van der Waals surface area contributed by atoms with E-state index in [4.69, 9.17) is 0 Å². The van der Waals surface area contributed by atoms with Gasteiger partial charge in [-0.05, 0) is 9.91 Å². The van der Waals surface area contributed by atoms with Crippen molar-refractivity contribution in [3.63, 3.8) is 0 Å². The molecular formula is C7H4F5N3O5S. The molecule has 1 aromatic heterocycles. The standard InChI is InChI=1S/C7H4F5N3O5S/c8-6(9)4-5(20-7(10,11)12)2(21(13,18)19)1-3(14-4)15(16)17/h1,6H,(H2,13,18,19). The fraction of sp³-hybridized carbons (Fsp3) is 0.286. The lowest BCUT2D eigenvalue weighted by molar-refractivity contribution is -0.390. The van der Waals surface area contributed by atoms with Gasteiger partial charge in [-0.1, -0.05) is 0 Å². The minimum absolute atomic E-state index is 0.0116. The molecule has 0 aromatic carbocycles. The Morgan fingerprint density at radius 2 is 1.90 bits per heavy atom. The molecule has 1 heterocycles. The van der Waals surface area contributed by atoms with E-state index in [1.165, 1.54) is 0 Å². The van der Waals surface area contributed by atoms with Crippen LogP contribution in [0.15, 0.2) is 11.0 Å². The molecule has 0 amide bonds.